The molecule has 0 heterocycles. The molecule has 0 saturated heterocycles. The van der Waals surface area contributed by atoms with E-state index in [4.69, 9.17) is 16.7 Å². The van der Waals surface area contributed by atoms with Gasteiger partial charge in [0, 0.05) is 11.6 Å². The predicted octanol–water partition coefficient (Wildman–Crippen LogP) is 3.84. The summed E-state index contributed by atoms with van der Waals surface area (Å²) in [5.74, 6) is -0.719. The lowest BCUT2D eigenvalue weighted by Gasteiger charge is -2.29. The number of anilines is 1. The molecule has 6 heteroatoms. The number of carbonyl (C=O) groups excluding carboxylic acids is 1. The molecule has 1 aromatic rings. The summed E-state index contributed by atoms with van der Waals surface area (Å²) in [6.07, 6.45) is 0. The van der Waals surface area contributed by atoms with Crippen molar-refractivity contribution in [3.05, 3.63) is 28.8 Å². The van der Waals surface area contributed by atoms with Gasteiger partial charge in [-0.25, -0.2) is 9.59 Å². The lowest BCUT2D eigenvalue weighted by atomic mass is 9.81. The van der Waals surface area contributed by atoms with Gasteiger partial charge in [0.2, 0.25) is 0 Å². The second-order valence-electron chi connectivity index (χ2n) is 5.95. The van der Waals surface area contributed by atoms with Crippen LogP contribution in [0.4, 0.5) is 10.5 Å². The van der Waals surface area contributed by atoms with E-state index < -0.39 is 12.0 Å². The summed E-state index contributed by atoms with van der Waals surface area (Å²) in [7, 11) is 0. The third-order valence-corrected chi connectivity index (χ3v) is 3.96. The summed E-state index contributed by atoms with van der Waals surface area (Å²) in [4.78, 5) is 23.0. The Kier molecular flexibility index (Phi) is 5.61. The number of hydrogen-bond donors (Lipinski definition) is 3. The third kappa shape index (κ3) is 4.93. The van der Waals surface area contributed by atoms with Crippen molar-refractivity contribution in [2.75, 3.05) is 11.9 Å². The van der Waals surface area contributed by atoms with Gasteiger partial charge in [0.15, 0.2) is 0 Å². The van der Waals surface area contributed by atoms with Gasteiger partial charge in [-0.2, -0.15) is 0 Å². The first-order valence-corrected chi connectivity index (χ1v) is 7.09. The van der Waals surface area contributed by atoms with Crippen molar-refractivity contribution in [3.8, 4) is 0 Å². The van der Waals surface area contributed by atoms with Crippen LogP contribution in [0.1, 0.15) is 38.1 Å². The van der Waals surface area contributed by atoms with E-state index in [-0.39, 0.29) is 16.7 Å². The minimum absolute atomic E-state index is 0.00216. The number of halogens is 1. The molecule has 5 nitrogen and oxygen atoms in total. The number of nitrogens with one attached hydrogen (secondary N) is 2. The molecular weight excluding hydrogens is 292 g/mol. The van der Waals surface area contributed by atoms with E-state index >= 15 is 0 Å². The number of benzene rings is 1. The zero-order valence-electron chi connectivity index (χ0n) is 12.7. The van der Waals surface area contributed by atoms with Crippen LogP contribution < -0.4 is 10.6 Å². The van der Waals surface area contributed by atoms with Crippen LogP contribution in [-0.4, -0.2) is 23.7 Å². The van der Waals surface area contributed by atoms with Crippen LogP contribution in [0.5, 0.6) is 0 Å². The molecule has 0 aromatic heterocycles. The van der Waals surface area contributed by atoms with Crippen molar-refractivity contribution >= 4 is 29.3 Å². The minimum atomic E-state index is -1.12. The molecule has 2 amide bonds. The number of hydrogen-bond acceptors (Lipinski definition) is 2. The molecule has 0 spiro atoms. The molecule has 0 unspecified atom stereocenters. The topological polar surface area (TPSA) is 78.4 Å². The van der Waals surface area contributed by atoms with Crippen LogP contribution in [0.2, 0.25) is 5.02 Å². The van der Waals surface area contributed by atoms with E-state index in [9.17, 15) is 9.59 Å². The summed E-state index contributed by atoms with van der Waals surface area (Å²) in [6.45, 7) is 8.76. The van der Waals surface area contributed by atoms with Gasteiger partial charge < -0.3 is 15.7 Å². The van der Waals surface area contributed by atoms with Gasteiger partial charge >= 0.3 is 12.0 Å². The standard InChI is InChI=1S/C15H21ClN2O3/c1-9(2)15(3,4)8-17-14(21)18-12-7-10(16)5-6-11(12)13(19)20/h5-7,9H,8H2,1-4H3,(H,19,20)(H2,17,18,21). The van der Waals surface area contributed by atoms with Crippen LogP contribution in [0.15, 0.2) is 18.2 Å². The van der Waals surface area contributed by atoms with Gasteiger partial charge in [-0.15, -0.1) is 0 Å². The maximum absolute atomic E-state index is 11.9. The Bertz CT molecular complexity index is 542. The molecule has 1 aromatic carbocycles. The SMILES string of the molecule is CC(C)C(C)(C)CNC(=O)Nc1cc(Cl)ccc1C(=O)O. The first-order valence-electron chi connectivity index (χ1n) is 6.71. The maximum atomic E-state index is 11.9. The zero-order chi connectivity index (χ0) is 16.2. The van der Waals surface area contributed by atoms with Gasteiger partial charge in [-0.1, -0.05) is 39.3 Å². The lowest BCUT2D eigenvalue weighted by Crippen LogP contribution is -2.39. The highest BCUT2D eigenvalue weighted by Gasteiger charge is 2.23. The van der Waals surface area contributed by atoms with E-state index in [2.05, 4.69) is 38.3 Å². The number of rotatable bonds is 5. The van der Waals surface area contributed by atoms with Crippen molar-refractivity contribution in [1.29, 1.82) is 0 Å². The summed E-state index contributed by atoms with van der Waals surface area (Å²) in [5, 5.41) is 14.7. The molecule has 3 N–H and O–H groups in total. The molecule has 116 valence electrons. The van der Waals surface area contributed by atoms with Crippen LogP contribution in [0.25, 0.3) is 0 Å². The average Bonchev–Trinajstić information content (AvgIpc) is 2.36. The van der Waals surface area contributed by atoms with Crippen molar-refractivity contribution < 1.29 is 14.7 Å². The Labute approximate surface area is 129 Å². The highest BCUT2D eigenvalue weighted by Crippen LogP contribution is 2.25. The molecule has 0 atom stereocenters. The number of carboxylic acid groups (broad SMARTS) is 1. The monoisotopic (exact) mass is 312 g/mol. The van der Waals surface area contributed by atoms with Crippen LogP contribution in [0, 0.1) is 11.3 Å². The van der Waals surface area contributed by atoms with E-state index in [1.165, 1.54) is 18.2 Å². The zero-order valence-corrected chi connectivity index (χ0v) is 13.4. The molecule has 0 bridgehead atoms. The highest BCUT2D eigenvalue weighted by molar-refractivity contribution is 6.31. The highest BCUT2D eigenvalue weighted by atomic mass is 35.5. The number of carbonyl (C=O) groups is 2. The Morgan fingerprint density at radius 1 is 1.33 bits per heavy atom. The fourth-order valence-corrected chi connectivity index (χ4v) is 1.66. The Balaban J connectivity index is 2.76. The normalized spacial score (nSPS) is 11.3. The largest absolute Gasteiger partial charge is 0.478 e. The smallest absolute Gasteiger partial charge is 0.337 e. The maximum Gasteiger partial charge on any atom is 0.337 e. The summed E-state index contributed by atoms with van der Waals surface area (Å²) in [5.41, 5.74) is 0.119. The van der Waals surface area contributed by atoms with E-state index in [1.54, 1.807) is 0 Å². The fourth-order valence-electron chi connectivity index (χ4n) is 1.49. The van der Waals surface area contributed by atoms with E-state index in [0.29, 0.717) is 17.5 Å². The number of carboxylic acids is 1. The molecule has 0 aliphatic carbocycles. The Morgan fingerprint density at radius 2 is 1.95 bits per heavy atom. The van der Waals surface area contributed by atoms with Gasteiger partial charge in [-0.05, 0) is 29.5 Å². The Morgan fingerprint density at radius 3 is 2.48 bits per heavy atom. The lowest BCUT2D eigenvalue weighted by molar-refractivity contribution is 0.0698. The molecular formula is C15H21ClN2O3. The van der Waals surface area contributed by atoms with Crippen LogP contribution in [-0.2, 0) is 0 Å². The van der Waals surface area contributed by atoms with Crippen LogP contribution in [0.3, 0.4) is 0 Å². The van der Waals surface area contributed by atoms with E-state index in [1.807, 2.05) is 0 Å². The number of amides is 2. The molecule has 0 saturated carbocycles. The molecule has 0 aliphatic rings. The van der Waals surface area contributed by atoms with Crippen LogP contribution >= 0.6 is 11.6 Å². The second-order valence-corrected chi connectivity index (χ2v) is 6.38. The number of aromatic carboxylic acids is 1. The van der Waals surface area contributed by atoms with Gasteiger partial charge in [0.25, 0.3) is 0 Å². The second kappa shape index (κ2) is 6.80. The van der Waals surface area contributed by atoms with Crippen molar-refractivity contribution in [2.24, 2.45) is 11.3 Å². The molecule has 0 radical (unpaired) electrons. The van der Waals surface area contributed by atoms with Crippen molar-refractivity contribution in [1.82, 2.24) is 5.32 Å². The molecule has 1 rings (SSSR count). The van der Waals surface area contributed by atoms with Gasteiger partial charge in [0.05, 0.1) is 11.3 Å². The first-order chi connectivity index (χ1) is 9.63. The third-order valence-electron chi connectivity index (χ3n) is 3.73. The fraction of sp³-hybridized carbons (Fsp3) is 0.467. The van der Waals surface area contributed by atoms with Crippen molar-refractivity contribution in [2.45, 2.75) is 27.7 Å². The summed E-state index contributed by atoms with van der Waals surface area (Å²) in [6, 6.07) is 3.79. The molecule has 0 fully saturated rings. The first kappa shape index (κ1) is 17.3. The van der Waals surface area contributed by atoms with Gasteiger partial charge in [0.1, 0.15) is 0 Å². The predicted molar refractivity (Wildman–Crippen MR) is 84.1 cm³/mol. The van der Waals surface area contributed by atoms with Gasteiger partial charge in [-0.3, -0.25) is 0 Å². The summed E-state index contributed by atoms with van der Waals surface area (Å²) >= 11 is 5.83. The van der Waals surface area contributed by atoms with Crippen molar-refractivity contribution in [3.63, 3.8) is 0 Å². The Hall–Kier alpha value is -1.75. The number of urea groups is 1. The quantitative estimate of drug-likeness (QED) is 0.773. The average molecular weight is 313 g/mol. The molecule has 0 aliphatic heterocycles. The van der Waals surface area contributed by atoms with E-state index in [0.717, 1.165) is 0 Å². The summed E-state index contributed by atoms with van der Waals surface area (Å²) < 4.78 is 0. The minimum Gasteiger partial charge on any atom is -0.478 e. The molecule has 21 heavy (non-hydrogen) atoms.